The molecule has 140 valence electrons. The number of nitrogens with one attached hydrogen (secondary N) is 1. The second kappa shape index (κ2) is 7.71. The predicted octanol–water partition coefficient (Wildman–Crippen LogP) is 1.50. The van der Waals surface area contributed by atoms with Gasteiger partial charge in [-0.2, -0.15) is 4.72 Å². The van der Waals surface area contributed by atoms with Crippen LogP contribution in [-0.4, -0.2) is 50.7 Å². The van der Waals surface area contributed by atoms with E-state index in [1.807, 2.05) is 25.1 Å². The smallest absolute Gasteiger partial charge is 0.321 e. The molecule has 0 amide bonds. The molecule has 9 heteroatoms. The number of rotatable bonds is 8. The zero-order chi connectivity index (χ0) is 19.5. The summed E-state index contributed by atoms with van der Waals surface area (Å²) < 4.78 is 27.6. The van der Waals surface area contributed by atoms with E-state index in [0.29, 0.717) is 10.8 Å². The van der Waals surface area contributed by atoms with Crippen LogP contribution in [-0.2, 0) is 19.6 Å². The van der Waals surface area contributed by atoms with E-state index in [1.165, 1.54) is 6.07 Å². The lowest BCUT2D eigenvalue weighted by Crippen LogP contribution is -2.41. The van der Waals surface area contributed by atoms with Gasteiger partial charge >= 0.3 is 11.9 Å². The van der Waals surface area contributed by atoms with Crippen molar-refractivity contribution >= 4 is 38.4 Å². The molecule has 0 aromatic heterocycles. The van der Waals surface area contributed by atoms with Crippen LogP contribution >= 0.6 is 0 Å². The monoisotopic (exact) mass is 380 g/mol. The highest BCUT2D eigenvalue weighted by Crippen LogP contribution is 2.30. The molecule has 2 rings (SSSR count). The van der Waals surface area contributed by atoms with E-state index < -0.39 is 34.4 Å². The second-order valence-corrected chi connectivity index (χ2v) is 7.65. The average Bonchev–Trinajstić information content (AvgIpc) is 2.56. The van der Waals surface area contributed by atoms with Crippen molar-refractivity contribution < 1.29 is 28.2 Å². The third-order valence-electron chi connectivity index (χ3n) is 3.87. The first-order valence-corrected chi connectivity index (χ1v) is 9.28. The van der Waals surface area contributed by atoms with Crippen molar-refractivity contribution in [2.75, 3.05) is 19.0 Å². The molecule has 3 N–H and O–H groups in total. The van der Waals surface area contributed by atoms with Crippen molar-refractivity contribution in [2.45, 2.75) is 23.8 Å². The lowest BCUT2D eigenvalue weighted by Gasteiger charge is -2.18. The number of hydrogen-bond acceptors (Lipinski definition) is 5. The molecular formula is C17H20N2O6S. The first-order valence-electron chi connectivity index (χ1n) is 7.79. The zero-order valence-electron chi connectivity index (χ0n) is 14.3. The normalized spacial score (nSPS) is 12.7. The highest BCUT2D eigenvalue weighted by molar-refractivity contribution is 7.89. The lowest BCUT2D eigenvalue weighted by molar-refractivity contribution is -0.140. The summed E-state index contributed by atoms with van der Waals surface area (Å²) >= 11 is 0. The molecule has 1 atom stereocenters. The maximum absolute atomic E-state index is 12.8. The first kappa shape index (κ1) is 19.7. The third kappa shape index (κ3) is 4.30. The minimum absolute atomic E-state index is 0.0553. The summed E-state index contributed by atoms with van der Waals surface area (Å²) in [5.74, 6) is -2.62. The maximum atomic E-state index is 12.8. The van der Waals surface area contributed by atoms with Crippen LogP contribution in [0.3, 0.4) is 0 Å². The van der Waals surface area contributed by atoms with E-state index in [0.717, 1.165) is 5.69 Å². The Hall–Kier alpha value is -2.65. The Balaban J connectivity index is 2.47. The number of carbonyl (C=O) groups is 2. The topological polar surface area (TPSA) is 124 Å². The Bertz CT molecular complexity index is 939. The first-order chi connectivity index (χ1) is 12.1. The van der Waals surface area contributed by atoms with Crippen LogP contribution in [0.1, 0.15) is 12.8 Å². The van der Waals surface area contributed by atoms with Gasteiger partial charge in [0.2, 0.25) is 10.0 Å². The van der Waals surface area contributed by atoms with Gasteiger partial charge in [0.05, 0.1) is 4.90 Å². The number of fused-ring (bicyclic) bond motifs is 1. The van der Waals surface area contributed by atoms with Crippen LogP contribution in [0, 0.1) is 0 Å². The summed E-state index contributed by atoms with van der Waals surface area (Å²) in [5, 5.41) is 19.1. The lowest BCUT2D eigenvalue weighted by atomic mass is 10.1. The molecule has 2 aromatic rings. The zero-order valence-corrected chi connectivity index (χ0v) is 15.2. The van der Waals surface area contributed by atoms with Gasteiger partial charge in [-0.3, -0.25) is 9.59 Å². The van der Waals surface area contributed by atoms with E-state index in [-0.39, 0.29) is 11.3 Å². The molecule has 0 saturated carbocycles. The van der Waals surface area contributed by atoms with E-state index in [1.54, 1.807) is 24.3 Å². The third-order valence-corrected chi connectivity index (χ3v) is 5.40. The molecule has 0 bridgehead atoms. The van der Waals surface area contributed by atoms with Gasteiger partial charge in [-0.25, -0.2) is 8.42 Å². The van der Waals surface area contributed by atoms with Gasteiger partial charge in [0.1, 0.15) is 6.04 Å². The number of benzene rings is 2. The van der Waals surface area contributed by atoms with Gasteiger partial charge in [-0.1, -0.05) is 24.3 Å². The highest BCUT2D eigenvalue weighted by Gasteiger charge is 2.27. The Labute approximate surface area is 151 Å². The summed E-state index contributed by atoms with van der Waals surface area (Å²) in [4.78, 5) is 23.8. The van der Waals surface area contributed by atoms with Crippen LogP contribution in [0.25, 0.3) is 10.8 Å². The minimum atomic E-state index is -4.16. The number of nitrogens with zero attached hydrogens (tertiary/aromatic N) is 1. The summed E-state index contributed by atoms with van der Waals surface area (Å²) in [6.45, 7) is 0. The molecule has 0 fully saturated rings. The van der Waals surface area contributed by atoms with Crippen molar-refractivity contribution in [3.05, 3.63) is 36.4 Å². The van der Waals surface area contributed by atoms with E-state index in [4.69, 9.17) is 5.11 Å². The van der Waals surface area contributed by atoms with Gasteiger partial charge in [0.15, 0.2) is 0 Å². The van der Waals surface area contributed by atoms with Crippen LogP contribution in [0.5, 0.6) is 0 Å². The molecule has 0 heterocycles. The SMILES string of the molecule is CN(C)c1cccc2c(S(=O)(=O)N[C@@H](CCC(=O)O)C(=O)O)cccc12. The quantitative estimate of drug-likeness (QED) is 0.634. The van der Waals surface area contributed by atoms with Crippen LogP contribution in [0.4, 0.5) is 5.69 Å². The summed E-state index contributed by atoms with van der Waals surface area (Å²) in [6, 6.07) is 8.43. The molecule has 26 heavy (non-hydrogen) atoms. The standard InChI is InChI=1S/C17H20N2O6S/c1-19(2)14-7-3-6-12-11(14)5-4-8-15(12)26(24,25)18-13(17(22)23)9-10-16(20)21/h3-8,13,18H,9-10H2,1-2H3,(H,20,21)(H,22,23)/t13-/m0/s1. The minimum Gasteiger partial charge on any atom is -0.481 e. The number of carboxylic acids is 2. The molecule has 2 aromatic carbocycles. The van der Waals surface area contributed by atoms with Crippen LogP contribution in [0.15, 0.2) is 41.3 Å². The van der Waals surface area contributed by atoms with E-state index in [9.17, 15) is 23.1 Å². The Kier molecular flexibility index (Phi) is 5.83. The van der Waals surface area contributed by atoms with Gasteiger partial charge in [0, 0.05) is 37.0 Å². The Morgan fingerprint density at radius 1 is 1.08 bits per heavy atom. The summed E-state index contributed by atoms with van der Waals surface area (Å²) in [5.41, 5.74) is 0.820. The van der Waals surface area contributed by atoms with Crippen molar-refractivity contribution in [3.8, 4) is 0 Å². The van der Waals surface area contributed by atoms with Crippen molar-refractivity contribution in [3.63, 3.8) is 0 Å². The van der Waals surface area contributed by atoms with E-state index in [2.05, 4.69) is 4.72 Å². The maximum Gasteiger partial charge on any atom is 0.321 e. The van der Waals surface area contributed by atoms with Gasteiger partial charge in [-0.05, 0) is 18.6 Å². The molecule has 0 aliphatic heterocycles. The highest BCUT2D eigenvalue weighted by atomic mass is 32.2. The van der Waals surface area contributed by atoms with Gasteiger partial charge in [-0.15, -0.1) is 0 Å². The van der Waals surface area contributed by atoms with Crippen molar-refractivity contribution in [2.24, 2.45) is 0 Å². The fourth-order valence-electron chi connectivity index (χ4n) is 2.64. The molecular weight excluding hydrogens is 360 g/mol. The number of aliphatic carboxylic acids is 2. The summed E-state index contributed by atoms with van der Waals surface area (Å²) in [7, 11) is -0.496. The molecule has 0 saturated heterocycles. The fraction of sp³-hybridized carbons (Fsp3) is 0.294. The molecule has 0 aliphatic carbocycles. The van der Waals surface area contributed by atoms with Crippen LogP contribution in [0.2, 0.25) is 0 Å². The summed E-state index contributed by atoms with van der Waals surface area (Å²) in [6.07, 6.45) is -0.808. The van der Waals surface area contributed by atoms with Crippen molar-refractivity contribution in [1.29, 1.82) is 0 Å². The average molecular weight is 380 g/mol. The second-order valence-electron chi connectivity index (χ2n) is 5.97. The fourth-order valence-corrected chi connectivity index (χ4v) is 4.09. The number of hydrogen-bond donors (Lipinski definition) is 3. The number of carboxylic acid groups (broad SMARTS) is 2. The van der Waals surface area contributed by atoms with Gasteiger partial charge < -0.3 is 15.1 Å². The Morgan fingerprint density at radius 3 is 2.27 bits per heavy atom. The number of sulfonamides is 1. The van der Waals surface area contributed by atoms with E-state index >= 15 is 0 Å². The number of anilines is 1. The molecule has 0 aliphatic rings. The molecule has 8 nitrogen and oxygen atoms in total. The Morgan fingerprint density at radius 2 is 1.69 bits per heavy atom. The largest absolute Gasteiger partial charge is 0.481 e. The molecule has 0 radical (unpaired) electrons. The van der Waals surface area contributed by atoms with Crippen LogP contribution < -0.4 is 9.62 Å². The molecule has 0 unspecified atom stereocenters. The van der Waals surface area contributed by atoms with Crippen molar-refractivity contribution in [1.82, 2.24) is 4.72 Å². The van der Waals surface area contributed by atoms with Gasteiger partial charge in [0.25, 0.3) is 0 Å². The molecule has 0 spiro atoms. The predicted molar refractivity (Wildman–Crippen MR) is 96.9 cm³/mol.